The van der Waals surface area contributed by atoms with Crippen LogP contribution in [0, 0.1) is 0 Å². The van der Waals surface area contributed by atoms with E-state index >= 15 is 0 Å². The Morgan fingerprint density at radius 2 is 1.84 bits per heavy atom. The van der Waals surface area contributed by atoms with Crippen molar-refractivity contribution < 1.29 is 23.1 Å². The smallest absolute Gasteiger partial charge is 0.387 e. The highest BCUT2D eigenvalue weighted by Gasteiger charge is 2.21. The number of halogens is 2. The Hall–Kier alpha value is -2.96. The Morgan fingerprint density at radius 1 is 1.12 bits per heavy atom. The summed E-state index contributed by atoms with van der Waals surface area (Å²) in [6.45, 7) is -2.32. The second kappa shape index (κ2) is 7.29. The van der Waals surface area contributed by atoms with E-state index in [1.807, 2.05) is 0 Å². The SMILES string of the molecule is O=C(Nc1ccc(N2CCCC2=O)cc1)c1ccccc1OC(F)F. The minimum atomic E-state index is -3.01. The standard InChI is InChI=1S/C18H16F2N2O3/c19-18(20)25-15-5-2-1-4-14(15)17(24)21-12-7-9-13(10-8-12)22-11-3-6-16(22)23/h1-2,4-5,7-10,18H,3,6,11H2,(H,21,24). The molecule has 5 nitrogen and oxygen atoms in total. The number of nitrogens with one attached hydrogen (secondary N) is 1. The van der Waals surface area contributed by atoms with E-state index in [9.17, 15) is 18.4 Å². The van der Waals surface area contributed by atoms with E-state index < -0.39 is 12.5 Å². The zero-order valence-corrected chi connectivity index (χ0v) is 13.2. The number of ether oxygens (including phenoxy) is 1. The number of amides is 2. The van der Waals surface area contributed by atoms with Gasteiger partial charge in [-0.1, -0.05) is 12.1 Å². The van der Waals surface area contributed by atoms with Gasteiger partial charge in [0.2, 0.25) is 5.91 Å². The molecule has 0 bridgehead atoms. The fourth-order valence-corrected chi connectivity index (χ4v) is 2.70. The van der Waals surface area contributed by atoms with Gasteiger partial charge in [-0.15, -0.1) is 0 Å². The van der Waals surface area contributed by atoms with Crippen LogP contribution in [0.15, 0.2) is 48.5 Å². The third-order valence-electron chi connectivity index (χ3n) is 3.86. The van der Waals surface area contributed by atoms with Crippen molar-refractivity contribution in [2.45, 2.75) is 19.5 Å². The van der Waals surface area contributed by atoms with Gasteiger partial charge in [0.25, 0.3) is 5.91 Å². The van der Waals surface area contributed by atoms with E-state index in [1.54, 1.807) is 35.2 Å². The van der Waals surface area contributed by atoms with E-state index in [0.29, 0.717) is 18.7 Å². The van der Waals surface area contributed by atoms with Crippen LogP contribution in [-0.4, -0.2) is 25.0 Å². The lowest BCUT2D eigenvalue weighted by atomic mass is 10.2. The molecule has 7 heteroatoms. The van der Waals surface area contributed by atoms with Crippen molar-refractivity contribution in [3.8, 4) is 5.75 Å². The Morgan fingerprint density at radius 3 is 2.48 bits per heavy atom. The molecular weight excluding hydrogens is 330 g/mol. The highest BCUT2D eigenvalue weighted by Crippen LogP contribution is 2.25. The van der Waals surface area contributed by atoms with Gasteiger partial charge in [0.1, 0.15) is 5.75 Å². The molecule has 3 rings (SSSR count). The van der Waals surface area contributed by atoms with E-state index in [-0.39, 0.29) is 17.2 Å². The second-order valence-corrected chi connectivity index (χ2v) is 5.52. The summed E-state index contributed by atoms with van der Waals surface area (Å²) in [5, 5.41) is 2.63. The average molecular weight is 346 g/mol. The van der Waals surface area contributed by atoms with E-state index in [2.05, 4.69) is 10.1 Å². The van der Waals surface area contributed by atoms with Crippen LogP contribution < -0.4 is 15.0 Å². The van der Waals surface area contributed by atoms with Gasteiger partial charge >= 0.3 is 6.61 Å². The molecule has 1 saturated heterocycles. The van der Waals surface area contributed by atoms with Crippen LogP contribution in [0.25, 0.3) is 0 Å². The number of carbonyl (C=O) groups excluding carboxylic acids is 2. The maximum Gasteiger partial charge on any atom is 0.387 e. The fraction of sp³-hybridized carbons (Fsp3) is 0.222. The fourth-order valence-electron chi connectivity index (χ4n) is 2.70. The minimum Gasteiger partial charge on any atom is -0.434 e. The molecule has 0 aromatic heterocycles. The molecule has 1 fully saturated rings. The zero-order chi connectivity index (χ0) is 17.8. The number of nitrogens with zero attached hydrogens (tertiary/aromatic N) is 1. The Bertz CT molecular complexity index is 778. The summed E-state index contributed by atoms with van der Waals surface area (Å²) in [6, 6.07) is 12.6. The molecular formula is C18H16F2N2O3. The van der Waals surface area contributed by atoms with Crippen molar-refractivity contribution in [1.82, 2.24) is 0 Å². The summed E-state index contributed by atoms with van der Waals surface area (Å²) in [6.07, 6.45) is 1.37. The second-order valence-electron chi connectivity index (χ2n) is 5.52. The van der Waals surface area contributed by atoms with Crippen molar-refractivity contribution >= 4 is 23.2 Å². The largest absolute Gasteiger partial charge is 0.434 e. The lowest BCUT2D eigenvalue weighted by molar-refractivity contribution is -0.117. The Balaban J connectivity index is 1.72. The molecule has 1 N–H and O–H groups in total. The van der Waals surface area contributed by atoms with Crippen LogP contribution in [0.3, 0.4) is 0 Å². The van der Waals surface area contributed by atoms with Crippen LogP contribution in [0.2, 0.25) is 0 Å². The maximum atomic E-state index is 12.4. The molecule has 0 radical (unpaired) electrons. The topological polar surface area (TPSA) is 58.6 Å². The maximum absolute atomic E-state index is 12.4. The highest BCUT2D eigenvalue weighted by atomic mass is 19.3. The summed E-state index contributed by atoms with van der Waals surface area (Å²) >= 11 is 0. The predicted octanol–water partition coefficient (Wildman–Crippen LogP) is 3.67. The first kappa shape index (κ1) is 16.9. The van der Waals surface area contributed by atoms with Gasteiger partial charge in [0, 0.05) is 24.3 Å². The van der Waals surface area contributed by atoms with E-state index in [4.69, 9.17) is 0 Å². The average Bonchev–Trinajstić information content (AvgIpc) is 3.01. The normalized spacial score (nSPS) is 14.0. The molecule has 0 aliphatic carbocycles. The summed E-state index contributed by atoms with van der Waals surface area (Å²) < 4.78 is 29.2. The first-order chi connectivity index (χ1) is 12.0. The van der Waals surface area contributed by atoms with Gasteiger partial charge in [-0.05, 0) is 42.8 Å². The molecule has 0 spiro atoms. The van der Waals surface area contributed by atoms with Crippen molar-refractivity contribution in [2.75, 3.05) is 16.8 Å². The summed E-state index contributed by atoms with van der Waals surface area (Å²) in [5.41, 5.74) is 1.27. The van der Waals surface area contributed by atoms with Gasteiger partial charge in [0.05, 0.1) is 5.56 Å². The third-order valence-corrected chi connectivity index (χ3v) is 3.86. The molecule has 2 aromatic carbocycles. The quantitative estimate of drug-likeness (QED) is 0.899. The lowest BCUT2D eigenvalue weighted by Gasteiger charge is -2.16. The number of rotatable bonds is 5. The van der Waals surface area contributed by atoms with E-state index in [0.717, 1.165) is 12.1 Å². The molecule has 0 saturated carbocycles. The third kappa shape index (κ3) is 3.93. The molecule has 1 heterocycles. The van der Waals surface area contributed by atoms with Crippen molar-refractivity contribution in [1.29, 1.82) is 0 Å². The Labute approximate surface area is 143 Å². The number of carbonyl (C=O) groups is 2. The van der Waals surface area contributed by atoms with Crippen LogP contribution in [-0.2, 0) is 4.79 Å². The van der Waals surface area contributed by atoms with Crippen LogP contribution in [0.5, 0.6) is 5.75 Å². The van der Waals surface area contributed by atoms with Crippen molar-refractivity contribution in [3.63, 3.8) is 0 Å². The number of benzene rings is 2. The number of para-hydroxylation sites is 1. The summed E-state index contributed by atoms with van der Waals surface area (Å²) in [5.74, 6) is -0.662. The van der Waals surface area contributed by atoms with Crippen molar-refractivity contribution in [3.05, 3.63) is 54.1 Å². The molecule has 0 atom stereocenters. The molecule has 2 aromatic rings. The van der Waals surface area contributed by atoms with Crippen molar-refractivity contribution in [2.24, 2.45) is 0 Å². The molecule has 25 heavy (non-hydrogen) atoms. The molecule has 130 valence electrons. The molecule has 1 aliphatic rings. The Kier molecular flexibility index (Phi) is 4.92. The monoisotopic (exact) mass is 346 g/mol. The molecule has 1 aliphatic heterocycles. The molecule has 0 unspecified atom stereocenters. The molecule has 2 amide bonds. The summed E-state index contributed by atoms with van der Waals surface area (Å²) in [7, 11) is 0. The van der Waals surface area contributed by atoms with Gasteiger partial charge in [-0.25, -0.2) is 0 Å². The lowest BCUT2D eigenvalue weighted by Crippen LogP contribution is -2.23. The number of alkyl halides is 2. The minimum absolute atomic E-state index is 0.0154. The number of hydrogen-bond acceptors (Lipinski definition) is 3. The van der Waals surface area contributed by atoms with Crippen LogP contribution in [0.1, 0.15) is 23.2 Å². The highest BCUT2D eigenvalue weighted by molar-refractivity contribution is 6.06. The predicted molar refractivity (Wildman–Crippen MR) is 89.1 cm³/mol. The van der Waals surface area contributed by atoms with Gasteiger partial charge in [-0.3, -0.25) is 9.59 Å². The summed E-state index contributed by atoms with van der Waals surface area (Å²) in [4.78, 5) is 25.7. The zero-order valence-electron chi connectivity index (χ0n) is 13.2. The van der Waals surface area contributed by atoms with Crippen LogP contribution >= 0.6 is 0 Å². The van der Waals surface area contributed by atoms with Crippen LogP contribution in [0.4, 0.5) is 20.2 Å². The first-order valence-electron chi connectivity index (χ1n) is 7.80. The van der Waals surface area contributed by atoms with Gasteiger partial charge in [0.15, 0.2) is 0 Å². The number of anilines is 2. The van der Waals surface area contributed by atoms with E-state index in [1.165, 1.54) is 18.2 Å². The first-order valence-corrected chi connectivity index (χ1v) is 7.80. The number of hydrogen-bond donors (Lipinski definition) is 1. The van der Waals surface area contributed by atoms with Gasteiger partial charge < -0.3 is 15.0 Å². The van der Waals surface area contributed by atoms with Gasteiger partial charge in [-0.2, -0.15) is 8.78 Å².